The Hall–Kier alpha value is -3.32. The van der Waals surface area contributed by atoms with Crippen molar-refractivity contribution >= 4 is 10.9 Å². The fraction of sp³-hybridized carbons (Fsp3) is 0.273. The molecule has 148 valence electrons. The molecule has 0 unspecified atom stereocenters. The van der Waals surface area contributed by atoms with E-state index in [4.69, 9.17) is 4.74 Å². The van der Waals surface area contributed by atoms with Gasteiger partial charge in [-0.15, -0.1) is 0 Å². The quantitative estimate of drug-likeness (QED) is 0.494. The average Bonchev–Trinajstić information content (AvgIpc) is 3.21. The molecule has 7 nitrogen and oxygen atoms in total. The van der Waals surface area contributed by atoms with Crippen LogP contribution < -0.4 is 4.74 Å². The lowest BCUT2D eigenvalue weighted by Crippen LogP contribution is -2.28. The fourth-order valence-electron chi connectivity index (χ4n) is 3.32. The lowest BCUT2D eigenvalue weighted by Gasteiger charge is -2.17. The molecule has 3 aromatic heterocycles. The van der Waals surface area contributed by atoms with E-state index in [0.29, 0.717) is 12.5 Å². The minimum absolute atomic E-state index is 0.542. The second-order valence-corrected chi connectivity index (χ2v) is 6.68. The minimum Gasteiger partial charge on any atom is -0.475 e. The fourth-order valence-corrected chi connectivity index (χ4v) is 3.32. The van der Waals surface area contributed by atoms with Gasteiger partial charge >= 0.3 is 0 Å². The Labute approximate surface area is 169 Å². The summed E-state index contributed by atoms with van der Waals surface area (Å²) in [4.78, 5) is 22.9. The van der Waals surface area contributed by atoms with Gasteiger partial charge < -0.3 is 14.6 Å². The number of hydrogen-bond donors (Lipinski definition) is 1. The molecule has 4 aromatic rings. The van der Waals surface area contributed by atoms with E-state index in [-0.39, 0.29) is 0 Å². The van der Waals surface area contributed by atoms with Crippen LogP contribution in [-0.2, 0) is 0 Å². The van der Waals surface area contributed by atoms with Crippen LogP contribution in [0.3, 0.4) is 0 Å². The molecule has 0 radical (unpaired) electrons. The maximum atomic E-state index is 5.83. The van der Waals surface area contributed by atoms with Gasteiger partial charge in [0.2, 0.25) is 5.88 Å². The molecule has 1 N–H and O–H groups in total. The summed E-state index contributed by atoms with van der Waals surface area (Å²) >= 11 is 0. The molecule has 0 fully saturated rings. The lowest BCUT2D eigenvalue weighted by atomic mass is 10.1. The molecular weight excluding hydrogens is 364 g/mol. The van der Waals surface area contributed by atoms with Gasteiger partial charge in [0, 0.05) is 41.0 Å². The Balaban J connectivity index is 1.58. The van der Waals surface area contributed by atoms with E-state index in [2.05, 4.69) is 49.7 Å². The molecule has 0 aliphatic carbocycles. The van der Waals surface area contributed by atoms with Crippen molar-refractivity contribution in [3.8, 4) is 28.4 Å². The molecular formula is C22H24N6O. The number of rotatable bonds is 8. The number of ether oxygens (including phenoxy) is 1. The normalized spacial score (nSPS) is 11.3. The summed E-state index contributed by atoms with van der Waals surface area (Å²) in [5.74, 6) is 0.542. The third-order valence-corrected chi connectivity index (χ3v) is 5.00. The van der Waals surface area contributed by atoms with Crippen LogP contribution in [0, 0.1) is 0 Å². The molecule has 0 spiro atoms. The predicted octanol–water partition coefficient (Wildman–Crippen LogP) is 3.80. The van der Waals surface area contributed by atoms with Gasteiger partial charge in [0.25, 0.3) is 0 Å². The summed E-state index contributed by atoms with van der Waals surface area (Å²) < 4.78 is 5.83. The largest absolute Gasteiger partial charge is 0.475 e. The number of aromatic nitrogens is 5. The highest BCUT2D eigenvalue weighted by Crippen LogP contribution is 2.30. The number of hydrogen-bond acceptors (Lipinski definition) is 6. The number of nitrogens with one attached hydrogen (secondary N) is 1. The van der Waals surface area contributed by atoms with Crippen molar-refractivity contribution in [2.75, 3.05) is 26.2 Å². The van der Waals surface area contributed by atoms with E-state index >= 15 is 0 Å². The second-order valence-electron chi connectivity index (χ2n) is 6.68. The Morgan fingerprint density at radius 2 is 1.93 bits per heavy atom. The van der Waals surface area contributed by atoms with Gasteiger partial charge in [0.15, 0.2) is 0 Å². The van der Waals surface area contributed by atoms with Crippen molar-refractivity contribution in [1.29, 1.82) is 0 Å². The van der Waals surface area contributed by atoms with Crippen LogP contribution in [0.1, 0.15) is 13.8 Å². The molecule has 29 heavy (non-hydrogen) atoms. The van der Waals surface area contributed by atoms with Gasteiger partial charge in [-0.2, -0.15) is 0 Å². The highest BCUT2D eigenvalue weighted by atomic mass is 16.5. The van der Waals surface area contributed by atoms with Crippen LogP contribution in [0.15, 0.2) is 55.4 Å². The first-order valence-corrected chi connectivity index (χ1v) is 9.83. The number of benzene rings is 1. The molecule has 0 saturated carbocycles. The van der Waals surface area contributed by atoms with Gasteiger partial charge in [-0.05, 0) is 31.3 Å². The number of aromatic amines is 1. The van der Waals surface area contributed by atoms with Crippen LogP contribution in [0.4, 0.5) is 0 Å². The predicted molar refractivity (Wildman–Crippen MR) is 114 cm³/mol. The summed E-state index contributed by atoms with van der Waals surface area (Å²) in [5, 5.41) is 1.08. The van der Waals surface area contributed by atoms with Crippen molar-refractivity contribution in [2.45, 2.75) is 13.8 Å². The van der Waals surface area contributed by atoms with Crippen LogP contribution in [-0.4, -0.2) is 56.1 Å². The van der Waals surface area contributed by atoms with Crippen molar-refractivity contribution in [1.82, 2.24) is 29.8 Å². The summed E-state index contributed by atoms with van der Waals surface area (Å²) in [6.45, 7) is 7.78. The second kappa shape index (κ2) is 8.79. The van der Waals surface area contributed by atoms with E-state index in [1.807, 2.05) is 24.4 Å². The zero-order valence-electron chi connectivity index (χ0n) is 16.7. The van der Waals surface area contributed by atoms with Crippen molar-refractivity contribution in [3.05, 3.63) is 55.4 Å². The van der Waals surface area contributed by atoms with E-state index in [9.17, 15) is 0 Å². The van der Waals surface area contributed by atoms with Gasteiger partial charge in [-0.25, -0.2) is 15.0 Å². The number of fused-ring (bicyclic) bond motifs is 1. The third kappa shape index (κ3) is 4.25. The minimum atomic E-state index is 0.542. The molecule has 0 aliphatic rings. The molecule has 0 amide bonds. The topological polar surface area (TPSA) is 79.8 Å². The Bertz CT molecular complexity index is 1080. The monoisotopic (exact) mass is 388 g/mol. The molecule has 0 atom stereocenters. The summed E-state index contributed by atoms with van der Waals surface area (Å²) in [7, 11) is 0. The number of H-pyrrole nitrogens is 1. The Kier molecular flexibility index (Phi) is 5.76. The van der Waals surface area contributed by atoms with Gasteiger partial charge in [0.1, 0.15) is 12.9 Å². The number of nitrogens with zero attached hydrogens (tertiary/aromatic N) is 5. The molecule has 0 bridgehead atoms. The third-order valence-electron chi connectivity index (χ3n) is 5.00. The van der Waals surface area contributed by atoms with E-state index in [1.54, 1.807) is 24.9 Å². The zero-order chi connectivity index (χ0) is 20.1. The molecule has 1 aromatic carbocycles. The van der Waals surface area contributed by atoms with Crippen LogP contribution in [0.2, 0.25) is 0 Å². The van der Waals surface area contributed by atoms with E-state index in [0.717, 1.165) is 53.1 Å². The maximum absolute atomic E-state index is 5.83. The molecule has 0 aliphatic heterocycles. The molecule has 7 heteroatoms. The first-order chi connectivity index (χ1) is 14.3. The van der Waals surface area contributed by atoms with E-state index < -0.39 is 0 Å². The van der Waals surface area contributed by atoms with Crippen molar-refractivity contribution in [3.63, 3.8) is 0 Å². The van der Waals surface area contributed by atoms with Gasteiger partial charge in [-0.3, -0.25) is 4.98 Å². The SMILES string of the molecule is CCN(CC)CCOc1cncc(-c2ccc3[nH]cc(-c4ccncn4)c3c2)n1. The highest BCUT2D eigenvalue weighted by Gasteiger charge is 2.10. The summed E-state index contributed by atoms with van der Waals surface area (Å²) in [6.07, 6.45) is 8.69. The summed E-state index contributed by atoms with van der Waals surface area (Å²) in [6, 6.07) is 8.09. The Morgan fingerprint density at radius 1 is 1.03 bits per heavy atom. The van der Waals surface area contributed by atoms with Crippen molar-refractivity contribution < 1.29 is 4.74 Å². The molecule has 0 saturated heterocycles. The average molecular weight is 388 g/mol. The Morgan fingerprint density at radius 3 is 2.72 bits per heavy atom. The van der Waals surface area contributed by atoms with Gasteiger partial charge in [-0.1, -0.05) is 19.9 Å². The lowest BCUT2D eigenvalue weighted by molar-refractivity contribution is 0.217. The first kappa shape index (κ1) is 19.0. The zero-order valence-corrected chi connectivity index (χ0v) is 16.7. The first-order valence-electron chi connectivity index (χ1n) is 9.83. The maximum Gasteiger partial charge on any atom is 0.232 e. The van der Waals surface area contributed by atoms with Crippen LogP contribution >= 0.6 is 0 Å². The van der Waals surface area contributed by atoms with Gasteiger partial charge in [0.05, 0.1) is 23.8 Å². The standard InChI is InChI=1S/C22H24N6O/c1-3-28(4-2)9-10-29-22-14-24-13-21(27-22)16-5-6-19-17(11-16)18(12-25-19)20-7-8-23-15-26-20/h5-8,11-15,25H,3-4,9-10H2,1-2H3. The molecule has 3 heterocycles. The van der Waals surface area contributed by atoms with Crippen molar-refractivity contribution in [2.24, 2.45) is 0 Å². The smallest absolute Gasteiger partial charge is 0.232 e. The van der Waals surface area contributed by atoms with E-state index in [1.165, 1.54) is 0 Å². The highest BCUT2D eigenvalue weighted by molar-refractivity contribution is 5.96. The number of likely N-dealkylation sites (N-methyl/N-ethyl adjacent to an activating group) is 1. The van der Waals surface area contributed by atoms with Crippen LogP contribution in [0.5, 0.6) is 5.88 Å². The van der Waals surface area contributed by atoms with Crippen LogP contribution in [0.25, 0.3) is 33.4 Å². The molecule has 4 rings (SSSR count). The summed E-state index contributed by atoms with van der Waals surface area (Å²) in [5.41, 5.74) is 4.71.